The molecule has 0 saturated heterocycles. The van der Waals surface area contributed by atoms with Gasteiger partial charge in [-0.25, -0.2) is 9.98 Å². The number of hydrogen-bond acceptors (Lipinski definition) is 5. The lowest BCUT2D eigenvalue weighted by molar-refractivity contribution is 0.0946. The molecular weight excluding hydrogens is 512 g/mol. The number of carbonyl (C=O) groups is 1. The van der Waals surface area contributed by atoms with Gasteiger partial charge in [-0.3, -0.25) is 9.79 Å². The number of nitriles is 1. The first-order valence-electron chi connectivity index (χ1n) is 14.0. The molecule has 1 amide bonds. The van der Waals surface area contributed by atoms with Crippen LogP contribution in [0.4, 0.5) is 0 Å². The first-order valence-corrected chi connectivity index (χ1v) is 14.0. The molecule has 0 fully saturated rings. The second-order valence-corrected chi connectivity index (χ2v) is 10.9. The Hall–Kier alpha value is -4.25. The Kier molecular flexibility index (Phi) is 12.0. The molecule has 8 nitrogen and oxygen atoms in total. The quantitative estimate of drug-likeness (QED) is 0.239. The van der Waals surface area contributed by atoms with E-state index in [0.29, 0.717) is 23.3 Å². The van der Waals surface area contributed by atoms with Crippen LogP contribution >= 0.6 is 0 Å². The number of rotatable bonds is 9. The van der Waals surface area contributed by atoms with Crippen LogP contribution in [-0.4, -0.2) is 46.7 Å². The number of nitrogens with one attached hydrogen (secondary N) is 1. The number of aromatic nitrogens is 2. The molecule has 2 aromatic carbocycles. The minimum absolute atomic E-state index is 0.0488. The summed E-state index contributed by atoms with van der Waals surface area (Å²) in [6.45, 7) is 16.1. The fourth-order valence-corrected chi connectivity index (χ4v) is 4.25. The van der Waals surface area contributed by atoms with Gasteiger partial charge in [-0.2, -0.15) is 5.26 Å². The van der Waals surface area contributed by atoms with Crippen molar-refractivity contribution in [2.75, 3.05) is 7.05 Å². The first kappa shape index (κ1) is 33.0. The molecule has 41 heavy (non-hydrogen) atoms. The van der Waals surface area contributed by atoms with Crippen molar-refractivity contribution in [3.05, 3.63) is 71.2 Å². The van der Waals surface area contributed by atoms with Crippen molar-refractivity contribution in [2.45, 2.75) is 79.4 Å². The maximum Gasteiger partial charge on any atom is 0.251 e. The van der Waals surface area contributed by atoms with Gasteiger partial charge in [0, 0.05) is 42.5 Å². The highest BCUT2D eigenvalue weighted by molar-refractivity contribution is 6.00. The van der Waals surface area contributed by atoms with Crippen molar-refractivity contribution in [1.82, 2.24) is 14.9 Å². The molecule has 0 aliphatic heterocycles. The molecule has 0 aliphatic carbocycles. The van der Waals surface area contributed by atoms with E-state index in [1.54, 1.807) is 25.2 Å². The van der Waals surface area contributed by atoms with Gasteiger partial charge in [0.1, 0.15) is 24.0 Å². The molecule has 0 bridgehead atoms. The van der Waals surface area contributed by atoms with Crippen LogP contribution in [0.25, 0.3) is 11.3 Å². The van der Waals surface area contributed by atoms with Gasteiger partial charge in [-0.05, 0) is 51.0 Å². The molecule has 0 spiro atoms. The van der Waals surface area contributed by atoms with Crippen LogP contribution in [0.2, 0.25) is 0 Å². The summed E-state index contributed by atoms with van der Waals surface area (Å²) in [5.74, 6) is 1.19. The van der Waals surface area contributed by atoms with Crippen molar-refractivity contribution in [2.24, 2.45) is 17.0 Å². The van der Waals surface area contributed by atoms with Crippen molar-refractivity contribution in [3.8, 4) is 23.1 Å². The Morgan fingerprint density at radius 3 is 2.37 bits per heavy atom. The Morgan fingerprint density at radius 1 is 1.17 bits per heavy atom. The number of imidazole rings is 1. The number of carbonyl (C=O) groups excluding carboxylic acids is 1. The average Bonchev–Trinajstić information content (AvgIpc) is 3.35. The molecule has 3 aromatic rings. The predicted molar refractivity (Wildman–Crippen MR) is 168 cm³/mol. The third-order valence-electron chi connectivity index (χ3n) is 6.15. The largest absolute Gasteiger partial charge is 0.490 e. The Morgan fingerprint density at radius 2 is 1.83 bits per heavy atom. The van der Waals surface area contributed by atoms with Crippen LogP contribution in [0.15, 0.2) is 58.6 Å². The van der Waals surface area contributed by atoms with Gasteiger partial charge in [-0.1, -0.05) is 58.9 Å². The minimum Gasteiger partial charge on any atom is -0.490 e. The second kappa shape index (κ2) is 14.9. The lowest BCUT2D eigenvalue weighted by atomic mass is 9.96. The summed E-state index contributed by atoms with van der Waals surface area (Å²) in [5.41, 5.74) is 4.36. The number of aryl methyl sites for hydroxylation is 1. The number of aliphatic imine (C=N–C) groups is 2. The lowest BCUT2D eigenvalue weighted by Gasteiger charge is -2.19. The molecule has 218 valence electrons. The van der Waals surface area contributed by atoms with Gasteiger partial charge < -0.3 is 14.6 Å². The van der Waals surface area contributed by atoms with Crippen LogP contribution < -0.4 is 10.1 Å². The summed E-state index contributed by atoms with van der Waals surface area (Å²) in [6, 6.07) is 14.8. The van der Waals surface area contributed by atoms with Gasteiger partial charge in [0.15, 0.2) is 0 Å². The minimum atomic E-state index is -0.374. The van der Waals surface area contributed by atoms with Gasteiger partial charge in [0.2, 0.25) is 0 Å². The van der Waals surface area contributed by atoms with Crippen LogP contribution in [0.3, 0.4) is 0 Å². The maximum absolute atomic E-state index is 13.2. The molecule has 0 aliphatic rings. The van der Waals surface area contributed by atoms with Crippen LogP contribution in [0.5, 0.6) is 5.75 Å². The normalized spacial score (nSPS) is 12.5. The summed E-state index contributed by atoms with van der Waals surface area (Å²) in [4.78, 5) is 26.4. The number of hydrogen-bond donors (Lipinski definition) is 1. The monoisotopic (exact) mass is 556 g/mol. The van der Waals surface area contributed by atoms with Crippen molar-refractivity contribution >= 4 is 18.0 Å². The summed E-state index contributed by atoms with van der Waals surface area (Å²) in [7, 11) is 3.67. The van der Waals surface area contributed by atoms with Crippen molar-refractivity contribution < 1.29 is 9.53 Å². The lowest BCUT2D eigenvalue weighted by Crippen LogP contribution is -2.41. The van der Waals surface area contributed by atoms with E-state index < -0.39 is 0 Å². The first-order chi connectivity index (χ1) is 19.4. The molecular formula is C33H44N6O2. The smallest absolute Gasteiger partial charge is 0.251 e. The number of ether oxygens (including phenoxy) is 1. The maximum atomic E-state index is 13.2. The van der Waals surface area contributed by atoms with Crippen molar-refractivity contribution in [1.29, 1.82) is 5.26 Å². The van der Waals surface area contributed by atoms with Crippen LogP contribution in [0.1, 0.15) is 82.7 Å². The highest BCUT2D eigenvalue weighted by Gasteiger charge is 2.21. The Labute approximate surface area is 245 Å². The van der Waals surface area contributed by atoms with Gasteiger partial charge in [-0.15, -0.1) is 0 Å². The van der Waals surface area contributed by atoms with E-state index in [2.05, 4.69) is 58.8 Å². The SMILES string of the molecule is CC.CN=CN=C(C)[C@H](Cc1ccc(-c2cn(C)c(C(C)(C)C)n2)cc1)NC(=O)c1ccc(OC(C)C)c(C#N)c1. The number of nitrogens with zero attached hydrogens (tertiary/aromatic N) is 5. The zero-order valence-electron chi connectivity index (χ0n) is 26.1. The molecule has 3 rings (SSSR count). The molecule has 1 aromatic heterocycles. The molecule has 8 heteroatoms. The summed E-state index contributed by atoms with van der Waals surface area (Å²) in [6.07, 6.45) is 3.97. The highest BCUT2D eigenvalue weighted by Crippen LogP contribution is 2.26. The van der Waals surface area contributed by atoms with Gasteiger partial charge in [0.05, 0.1) is 23.4 Å². The summed E-state index contributed by atoms with van der Waals surface area (Å²) < 4.78 is 7.76. The van der Waals surface area contributed by atoms with E-state index in [9.17, 15) is 10.1 Å². The average molecular weight is 557 g/mol. The van der Waals surface area contributed by atoms with Gasteiger partial charge in [0.25, 0.3) is 5.91 Å². The van der Waals surface area contributed by atoms with Gasteiger partial charge >= 0.3 is 0 Å². The van der Waals surface area contributed by atoms with Crippen molar-refractivity contribution in [3.63, 3.8) is 0 Å². The third kappa shape index (κ3) is 9.14. The van der Waals surface area contributed by atoms with E-state index in [0.717, 1.165) is 28.4 Å². The zero-order chi connectivity index (χ0) is 30.7. The molecule has 1 atom stereocenters. The second-order valence-electron chi connectivity index (χ2n) is 10.9. The van der Waals surface area contributed by atoms with E-state index in [1.165, 1.54) is 6.34 Å². The molecule has 1 N–H and O–H groups in total. The number of benzene rings is 2. The van der Waals surface area contributed by atoms with Crippen LogP contribution in [0, 0.1) is 11.3 Å². The standard InChI is InChI=1S/C31H38N6O2.C2H6/c1-20(2)39-28-14-13-24(16-25(28)17-32)29(38)35-26(21(3)34-19-33-7)15-22-9-11-23(12-10-22)27-18-37(8)30(36-27)31(4,5)6;1-2/h9-14,16,18-20,26H,15H2,1-8H3,(H,35,38);1-2H3/t26-;/m0./s1. The van der Waals surface area contributed by atoms with E-state index in [4.69, 9.17) is 9.72 Å². The Bertz CT molecular complexity index is 1400. The topological polar surface area (TPSA) is 105 Å². The van der Waals surface area contributed by atoms with Crippen LogP contribution in [-0.2, 0) is 18.9 Å². The van der Waals surface area contributed by atoms with E-state index >= 15 is 0 Å². The molecule has 0 saturated carbocycles. The van der Waals surface area contributed by atoms with E-state index in [-0.39, 0.29) is 23.5 Å². The fourth-order valence-electron chi connectivity index (χ4n) is 4.25. The third-order valence-corrected chi connectivity index (χ3v) is 6.15. The summed E-state index contributed by atoms with van der Waals surface area (Å²) in [5, 5.41) is 12.6. The Balaban J connectivity index is 0.00000287. The predicted octanol–water partition coefficient (Wildman–Crippen LogP) is 6.53. The van der Waals surface area contributed by atoms with E-state index in [1.807, 2.05) is 60.0 Å². The molecule has 1 heterocycles. The molecule has 0 unspecified atom stereocenters. The fraction of sp³-hybridized carbons (Fsp3) is 0.424. The molecule has 0 radical (unpaired) electrons. The zero-order valence-corrected chi connectivity index (χ0v) is 26.1. The summed E-state index contributed by atoms with van der Waals surface area (Å²) >= 11 is 0. The number of amides is 1. The highest BCUT2D eigenvalue weighted by atomic mass is 16.5.